The number of benzene rings is 1. The van der Waals surface area contributed by atoms with E-state index in [1.165, 1.54) is 0 Å². The number of hydrogen-bond donors (Lipinski definition) is 1. The summed E-state index contributed by atoms with van der Waals surface area (Å²) in [6.07, 6.45) is 1.54. The zero-order valence-corrected chi connectivity index (χ0v) is 9.54. The summed E-state index contributed by atoms with van der Waals surface area (Å²) >= 11 is 1.62. The van der Waals surface area contributed by atoms with Crippen LogP contribution in [0, 0.1) is 6.92 Å². The smallest absolute Gasteiger partial charge is 0.192 e. The van der Waals surface area contributed by atoms with Crippen LogP contribution in [0.1, 0.15) is 17.6 Å². The zero-order valence-electron chi connectivity index (χ0n) is 8.73. The first-order chi connectivity index (χ1) is 7.20. The number of hydrogen-bond acceptors (Lipinski definition) is 4. The molecule has 4 heteroatoms. The highest BCUT2D eigenvalue weighted by Gasteiger charge is 2.09. The zero-order chi connectivity index (χ0) is 10.8. The molecule has 1 unspecified atom stereocenters. The quantitative estimate of drug-likeness (QED) is 0.868. The SMILES string of the molecule is CSCC(O)c1ccc2nc(C)oc2c1. The monoisotopic (exact) mass is 223 g/mol. The van der Waals surface area contributed by atoms with Crippen molar-refractivity contribution in [3.8, 4) is 0 Å². The maximum absolute atomic E-state index is 9.80. The van der Waals surface area contributed by atoms with Crippen molar-refractivity contribution in [1.29, 1.82) is 0 Å². The molecule has 1 atom stereocenters. The minimum atomic E-state index is -0.435. The first-order valence-corrected chi connectivity index (χ1v) is 6.14. The van der Waals surface area contributed by atoms with Crippen LogP contribution in [0.15, 0.2) is 22.6 Å². The number of nitrogens with zero attached hydrogens (tertiary/aromatic N) is 1. The van der Waals surface area contributed by atoms with E-state index in [4.69, 9.17) is 4.42 Å². The standard InChI is InChI=1S/C11H13NO2S/c1-7-12-9-4-3-8(5-11(9)14-7)10(13)6-15-2/h3-5,10,13H,6H2,1-2H3. The second-order valence-corrected chi connectivity index (χ2v) is 4.34. The molecule has 2 rings (SSSR count). The summed E-state index contributed by atoms with van der Waals surface area (Å²) in [5.74, 6) is 1.35. The van der Waals surface area contributed by atoms with Gasteiger partial charge in [0, 0.05) is 12.7 Å². The molecular weight excluding hydrogens is 210 g/mol. The van der Waals surface area contributed by atoms with Gasteiger partial charge in [0.2, 0.25) is 0 Å². The van der Waals surface area contributed by atoms with E-state index >= 15 is 0 Å². The Morgan fingerprint density at radius 1 is 1.53 bits per heavy atom. The molecule has 0 spiro atoms. The molecule has 0 aliphatic rings. The van der Waals surface area contributed by atoms with Crippen LogP contribution in [-0.4, -0.2) is 22.1 Å². The van der Waals surface area contributed by atoms with Crippen molar-refractivity contribution in [2.75, 3.05) is 12.0 Å². The van der Waals surface area contributed by atoms with Crippen LogP contribution >= 0.6 is 11.8 Å². The van der Waals surface area contributed by atoms with Crippen molar-refractivity contribution in [2.45, 2.75) is 13.0 Å². The fraction of sp³-hybridized carbons (Fsp3) is 0.364. The van der Waals surface area contributed by atoms with Crippen LogP contribution in [0.25, 0.3) is 11.1 Å². The Labute approximate surface area is 92.5 Å². The minimum absolute atomic E-state index is 0.435. The molecule has 0 bridgehead atoms. The van der Waals surface area contributed by atoms with E-state index in [-0.39, 0.29) is 0 Å². The largest absolute Gasteiger partial charge is 0.441 e. The summed E-state index contributed by atoms with van der Waals surface area (Å²) in [4.78, 5) is 4.21. The molecule has 0 amide bonds. The van der Waals surface area contributed by atoms with Crippen LogP contribution in [0.2, 0.25) is 0 Å². The van der Waals surface area contributed by atoms with Crippen molar-refractivity contribution in [3.63, 3.8) is 0 Å². The van der Waals surface area contributed by atoms with Crippen molar-refractivity contribution >= 4 is 22.9 Å². The van der Waals surface area contributed by atoms with Crippen molar-refractivity contribution in [1.82, 2.24) is 4.98 Å². The van der Waals surface area contributed by atoms with E-state index in [9.17, 15) is 5.11 Å². The molecule has 15 heavy (non-hydrogen) atoms. The third-order valence-corrected chi connectivity index (χ3v) is 2.88. The van der Waals surface area contributed by atoms with Gasteiger partial charge in [-0.25, -0.2) is 4.98 Å². The number of rotatable bonds is 3. The van der Waals surface area contributed by atoms with Crippen LogP contribution in [0.4, 0.5) is 0 Å². The van der Waals surface area contributed by atoms with Gasteiger partial charge < -0.3 is 9.52 Å². The molecule has 3 nitrogen and oxygen atoms in total. The maximum atomic E-state index is 9.80. The Hall–Kier alpha value is -1.00. The fourth-order valence-electron chi connectivity index (χ4n) is 1.52. The lowest BCUT2D eigenvalue weighted by Crippen LogP contribution is -1.99. The van der Waals surface area contributed by atoms with Crippen LogP contribution in [0.5, 0.6) is 0 Å². The molecule has 1 aromatic carbocycles. The summed E-state index contributed by atoms with van der Waals surface area (Å²) in [6.45, 7) is 1.82. The Morgan fingerprint density at radius 3 is 3.07 bits per heavy atom. The lowest BCUT2D eigenvalue weighted by atomic mass is 10.1. The lowest BCUT2D eigenvalue weighted by Gasteiger charge is -2.08. The maximum Gasteiger partial charge on any atom is 0.192 e. The Morgan fingerprint density at radius 2 is 2.33 bits per heavy atom. The highest BCUT2D eigenvalue weighted by atomic mass is 32.2. The van der Waals surface area contributed by atoms with Crippen LogP contribution in [-0.2, 0) is 0 Å². The van der Waals surface area contributed by atoms with Gasteiger partial charge in [0.25, 0.3) is 0 Å². The van der Waals surface area contributed by atoms with Gasteiger partial charge in [0.1, 0.15) is 5.52 Å². The average molecular weight is 223 g/mol. The van der Waals surface area contributed by atoms with Crippen molar-refractivity contribution < 1.29 is 9.52 Å². The third-order valence-electron chi connectivity index (χ3n) is 2.23. The number of aliphatic hydroxyl groups is 1. The second kappa shape index (κ2) is 4.24. The number of thioether (sulfide) groups is 1. The van der Waals surface area contributed by atoms with Gasteiger partial charge >= 0.3 is 0 Å². The van der Waals surface area contributed by atoms with Gasteiger partial charge in [-0.2, -0.15) is 11.8 Å². The van der Waals surface area contributed by atoms with Gasteiger partial charge in [0.05, 0.1) is 6.10 Å². The van der Waals surface area contributed by atoms with Crippen LogP contribution < -0.4 is 0 Å². The minimum Gasteiger partial charge on any atom is -0.441 e. The third kappa shape index (κ3) is 2.16. The number of fused-ring (bicyclic) bond motifs is 1. The number of aryl methyl sites for hydroxylation is 1. The summed E-state index contributed by atoms with van der Waals surface area (Å²) in [7, 11) is 0. The molecule has 2 aromatic rings. The highest BCUT2D eigenvalue weighted by Crippen LogP contribution is 2.22. The van der Waals surface area contributed by atoms with E-state index in [2.05, 4.69) is 4.98 Å². The first-order valence-electron chi connectivity index (χ1n) is 4.75. The van der Waals surface area contributed by atoms with Crippen molar-refractivity contribution in [3.05, 3.63) is 29.7 Å². The van der Waals surface area contributed by atoms with Crippen molar-refractivity contribution in [2.24, 2.45) is 0 Å². The number of oxazole rings is 1. The molecule has 1 aromatic heterocycles. The molecular formula is C11H13NO2S. The highest BCUT2D eigenvalue weighted by molar-refractivity contribution is 7.98. The average Bonchev–Trinajstić information content (AvgIpc) is 2.57. The Kier molecular flexibility index (Phi) is 2.98. The van der Waals surface area contributed by atoms with E-state index in [1.807, 2.05) is 31.4 Å². The molecule has 0 saturated heterocycles. The normalized spacial score (nSPS) is 13.3. The summed E-state index contributed by atoms with van der Waals surface area (Å²) in [5, 5.41) is 9.80. The van der Waals surface area contributed by atoms with E-state index in [0.717, 1.165) is 16.7 Å². The summed E-state index contributed by atoms with van der Waals surface area (Å²) in [6, 6.07) is 5.63. The summed E-state index contributed by atoms with van der Waals surface area (Å²) in [5.41, 5.74) is 2.46. The predicted octanol–water partition coefficient (Wildman–Crippen LogP) is 2.53. The van der Waals surface area contributed by atoms with Gasteiger partial charge in [-0.3, -0.25) is 0 Å². The lowest BCUT2D eigenvalue weighted by molar-refractivity contribution is 0.204. The number of aromatic nitrogens is 1. The Balaban J connectivity index is 2.37. The molecule has 1 N–H and O–H groups in total. The molecule has 0 aliphatic carbocycles. The second-order valence-electron chi connectivity index (χ2n) is 3.43. The summed E-state index contributed by atoms with van der Waals surface area (Å²) < 4.78 is 5.41. The molecule has 0 saturated carbocycles. The topological polar surface area (TPSA) is 46.3 Å². The van der Waals surface area contributed by atoms with Gasteiger partial charge in [0.15, 0.2) is 11.5 Å². The molecule has 80 valence electrons. The predicted molar refractivity (Wildman–Crippen MR) is 62.1 cm³/mol. The number of aliphatic hydroxyl groups excluding tert-OH is 1. The van der Waals surface area contributed by atoms with Gasteiger partial charge in [-0.05, 0) is 24.0 Å². The van der Waals surface area contributed by atoms with E-state index in [0.29, 0.717) is 11.6 Å². The van der Waals surface area contributed by atoms with Gasteiger partial charge in [-0.15, -0.1) is 0 Å². The van der Waals surface area contributed by atoms with E-state index in [1.54, 1.807) is 11.8 Å². The van der Waals surface area contributed by atoms with Crippen LogP contribution in [0.3, 0.4) is 0 Å². The fourth-order valence-corrected chi connectivity index (χ4v) is 2.03. The van der Waals surface area contributed by atoms with Gasteiger partial charge in [-0.1, -0.05) is 6.07 Å². The molecule has 0 radical (unpaired) electrons. The molecule has 0 aliphatic heterocycles. The van der Waals surface area contributed by atoms with E-state index < -0.39 is 6.10 Å². The molecule has 0 fully saturated rings. The Bertz CT molecular complexity index is 467. The molecule has 1 heterocycles. The first kappa shape index (κ1) is 10.5.